The van der Waals surface area contributed by atoms with Gasteiger partial charge in [0.25, 0.3) is 0 Å². The van der Waals surface area contributed by atoms with E-state index < -0.39 is 0 Å². The van der Waals surface area contributed by atoms with E-state index in [9.17, 15) is 4.79 Å². The van der Waals surface area contributed by atoms with Crippen LogP contribution in [-0.4, -0.2) is 26.3 Å². The Kier molecular flexibility index (Phi) is 5.58. The van der Waals surface area contributed by atoms with Crippen LogP contribution in [0.4, 0.5) is 0 Å². The number of hydrogen-bond donors (Lipinski definition) is 0. The topological polar surface area (TPSA) is 47.8 Å². The van der Waals surface area contributed by atoms with E-state index in [2.05, 4.69) is 35.5 Å². The highest BCUT2D eigenvalue weighted by molar-refractivity contribution is 8.01. The quantitative estimate of drug-likeness (QED) is 0.571. The average Bonchev–Trinajstić information content (AvgIpc) is 3.03. The molecular weight excluding hydrogens is 302 g/mol. The first kappa shape index (κ1) is 16.2. The number of rotatable bonds is 7. The normalized spacial score (nSPS) is 11.3. The molecule has 4 nitrogen and oxygen atoms in total. The Bertz CT molecular complexity index is 603. The van der Waals surface area contributed by atoms with Gasteiger partial charge in [-0.15, -0.1) is 10.2 Å². The molecule has 0 saturated carbocycles. The molecule has 0 radical (unpaired) electrons. The fourth-order valence-corrected chi connectivity index (χ4v) is 3.62. The molecule has 6 heteroatoms. The van der Waals surface area contributed by atoms with E-state index in [1.54, 1.807) is 5.51 Å². The number of carbonyl (C=O) groups is 1. The average molecular weight is 323 g/mol. The number of hydrogen-bond acceptors (Lipinski definition) is 5. The summed E-state index contributed by atoms with van der Waals surface area (Å²) in [6.07, 6.45) is 1.13. The number of Topliss-reactive ketones (excluding diaryl/α,β-unsaturated/α-hetero) is 1. The van der Waals surface area contributed by atoms with Gasteiger partial charge >= 0.3 is 0 Å². The molecule has 2 aromatic heterocycles. The van der Waals surface area contributed by atoms with E-state index >= 15 is 0 Å². The van der Waals surface area contributed by atoms with Gasteiger partial charge < -0.3 is 4.57 Å². The van der Waals surface area contributed by atoms with Crippen molar-refractivity contribution in [2.45, 2.75) is 45.0 Å². The minimum Gasteiger partial charge on any atom is -0.348 e. The van der Waals surface area contributed by atoms with Gasteiger partial charge in [0.05, 0.1) is 5.75 Å². The second kappa shape index (κ2) is 7.22. The van der Waals surface area contributed by atoms with Gasteiger partial charge in [0.15, 0.2) is 10.1 Å². The van der Waals surface area contributed by atoms with E-state index in [1.165, 1.54) is 23.1 Å². The number of aryl methyl sites for hydroxylation is 1. The van der Waals surface area contributed by atoms with Gasteiger partial charge in [-0.05, 0) is 32.3 Å². The van der Waals surface area contributed by atoms with Crippen LogP contribution in [0.25, 0.3) is 0 Å². The Morgan fingerprint density at radius 2 is 2.19 bits per heavy atom. The van der Waals surface area contributed by atoms with Crippen LogP contribution in [0.15, 0.2) is 15.9 Å². The molecule has 0 spiro atoms. The van der Waals surface area contributed by atoms with Crippen LogP contribution in [0.3, 0.4) is 0 Å². The molecule has 2 aromatic rings. The van der Waals surface area contributed by atoms with Crippen LogP contribution in [-0.2, 0) is 6.54 Å². The van der Waals surface area contributed by atoms with Gasteiger partial charge in [-0.1, -0.05) is 36.9 Å². The molecule has 0 N–H and O–H groups in total. The number of nitrogens with zero attached hydrogens (tertiary/aromatic N) is 3. The highest BCUT2D eigenvalue weighted by Gasteiger charge is 2.16. The first-order valence-corrected chi connectivity index (χ1v) is 8.94. The van der Waals surface area contributed by atoms with Crippen molar-refractivity contribution in [2.75, 3.05) is 5.75 Å². The van der Waals surface area contributed by atoms with Crippen LogP contribution in [0, 0.1) is 19.8 Å². The first-order chi connectivity index (χ1) is 9.99. The Morgan fingerprint density at radius 1 is 1.43 bits per heavy atom. The molecule has 21 heavy (non-hydrogen) atoms. The van der Waals surface area contributed by atoms with Gasteiger partial charge in [0, 0.05) is 23.5 Å². The van der Waals surface area contributed by atoms with E-state index in [4.69, 9.17) is 0 Å². The zero-order chi connectivity index (χ0) is 15.4. The predicted molar refractivity (Wildman–Crippen MR) is 88.3 cm³/mol. The summed E-state index contributed by atoms with van der Waals surface area (Å²) in [6.45, 7) is 9.53. The van der Waals surface area contributed by atoms with Crippen molar-refractivity contribution in [3.63, 3.8) is 0 Å². The summed E-state index contributed by atoms with van der Waals surface area (Å²) in [7, 11) is 0. The molecular formula is C15H21N3OS2. The number of aromatic nitrogens is 3. The van der Waals surface area contributed by atoms with Crippen molar-refractivity contribution in [2.24, 2.45) is 5.92 Å². The highest BCUT2D eigenvalue weighted by atomic mass is 32.2. The third-order valence-corrected chi connectivity index (χ3v) is 5.33. The summed E-state index contributed by atoms with van der Waals surface area (Å²) in [5.74, 6) is 1.25. The van der Waals surface area contributed by atoms with Gasteiger partial charge in [-0.3, -0.25) is 4.79 Å². The van der Waals surface area contributed by atoms with Crippen molar-refractivity contribution >= 4 is 28.9 Å². The molecule has 0 unspecified atom stereocenters. The van der Waals surface area contributed by atoms with Crippen molar-refractivity contribution in [3.05, 3.63) is 28.5 Å². The number of carbonyl (C=O) groups excluding carboxylic acids is 1. The lowest BCUT2D eigenvalue weighted by atomic mass is 10.1. The Labute approximate surface area is 134 Å². The maximum absolute atomic E-state index is 12.4. The smallest absolute Gasteiger partial charge is 0.174 e. The number of thioether (sulfide) groups is 1. The molecule has 2 heterocycles. The molecule has 0 aliphatic carbocycles. The molecule has 0 aromatic carbocycles. The van der Waals surface area contributed by atoms with Gasteiger partial charge in [0.1, 0.15) is 5.51 Å². The first-order valence-electron chi connectivity index (χ1n) is 7.08. The summed E-state index contributed by atoms with van der Waals surface area (Å²) in [4.78, 5) is 12.4. The minimum atomic E-state index is 0.166. The van der Waals surface area contributed by atoms with Crippen LogP contribution in [0.5, 0.6) is 0 Å². The van der Waals surface area contributed by atoms with E-state index in [1.807, 2.05) is 13.0 Å². The van der Waals surface area contributed by atoms with Crippen molar-refractivity contribution in [1.29, 1.82) is 0 Å². The van der Waals surface area contributed by atoms with E-state index in [-0.39, 0.29) is 5.78 Å². The Morgan fingerprint density at radius 3 is 2.81 bits per heavy atom. The molecule has 0 aliphatic rings. The highest BCUT2D eigenvalue weighted by Crippen LogP contribution is 2.23. The van der Waals surface area contributed by atoms with Crippen molar-refractivity contribution < 1.29 is 4.79 Å². The zero-order valence-electron chi connectivity index (χ0n) is 12.9. The lowest BCUT2D eigenvalue weighted by Crippen LogP contribution is -2.08. The summed E-state index contributed by atoms with van der Waals surface area (Å²) in [5.41, 5.74) is 4.77. The molecule has 0 fully saturated rings. The monoisotopic (exact) mass is 323 g/mol. The van der Waals surface area contributed by atoms with Gasteiger partial charge in [-0.25, -0.2) is 0 Å². The lowest BCUT2D eigenvalue weighted by molar-refractivity contribution is 0.102. The molecule has 0 saturated heterocycles. The van der Waals surface area contributed by atoms with Crippen LogP contribution in [0.2, 0.25) is 0 Å². The zero-order valence-corrected chi connectivity index (χ0v) is 14.6. The largest absolute Gasteiger partial charge is 0.348 e. The van der Waals surface area contributed by atoms with E-state index in [0.29, 0.717) is 11.7 Å². The molecule has 114 valence electrons. The van der Waals surface area contributed by atoms with Crippen LogP contribution < -0.4 is 0 Å². The van der Waals surface area contributed by atoms with Crippen molar-refractivity contribution in [3.8, 4) is 0 Å². The predicted octanol–water partition coefficient (Wildman–Crippen LogP) is 3.98. The summed E-state index contributed by atoms with van der Waals surface area (Å²) < 4.78 is 3.10. The Hall–Kier alpha value is -1.14. The summed E-state index contributed by atoms with van der Waals surface area (Å²) in [5, 5.41) is 7.73. The maximum atomic E-state index is 12.4. The summed E-state index contributed by atoms with van der Waals surface area (Å²) in [6, 6.07) is 2.01. The molecule has 0 atom stereocenters. The third kappa shape index (κ3) is 4.17. The van der Waals surface area contributed by atoms with Crippen LogP contribution in [0.1, 0.15) is 42.0 Å². The molecule has 2 rings (SSSR count). The fraction of sp³-hybridized carbons (Fsp3) is 0.533. The summed E-state index contributed by atoms with van der Waals surface area (Å²) >= 11 is 2.93. The molecule has 0 aliphatic heterocycles. The lowest BCUT2D eigenvalue weighted by Gasteiger charge is -2.11. The number of ketones is 1. The standard InChI is InChI=1S/C15H21N3OS2/c1-10(2)5-6-18-11(3)7-13(12(18)4)14(19)8-20-15-17-16-9-21-15/h7,9-10H,5-6,8H2,1-4H3. The van der Waals surface area contributed by atoms with Crippen LogP contribution >= 0.6 is 23.1 Å². The molecule has 0 amide bonds. The minimum absolute atomic E-state index is 0.166. The Balaban J connectivity index is 2.05. The second-order valence-corrected chi connectivity index (χ2v) is 7.59. The fourth-order valence-electron chi connectivity index (χ4n) is 2.25. The third-order valence-electron chi connectivity index (χ3n) is 3.47. The second-order valence-electron chi connectivity index (χ2n) is 5.54. The van der Waals surface area contributed by atoms with Crippen molar-refractivity contribution in [1.82, 2.24) is 14.8 Å². The van der Waals surface area contributed by atoms with E-state index in [0.717, 1.165) is 34.3 Å². The molecule has 0 bridgehead atoms. The van der Waals surface area contributed by atoms with Gasteiger partial charge in [0.2, 0.25) is 0 Å². The SMILES string of the molecule is Cc1cc(C(=O)CSc2nncs2)c(C)n1CCC(C)C. The maximum Gasteiger partial charge on any atom is 0.174 e. The van der Waals surface area contributed by atoms with Gasteiger partial charge in [-0.2, -0.15) is 0 Å².